The van der Waals surface area contributed by atoms with Crippen LogP contribution in [0.2, 0.25) is 0 Å². The molecule has 0 saturated carbocycles. The summed E-state index contributed by atoms with van der Waals surface area (Å²) in [7, 11) is 0. The molecule has 0 saturated heterocycles. The summed E-state index contributed by atoms with van der Waals surface area (Å²) >= 11 is 3.51. The van der Waals surface area contributed by atoms with Crippen molar-refractivity contribution in [2.45, 2.75) is 132 Å². The second-order valence-corrected chi connectivity index (χ2v) is 20.2. The van der Waals surface area contributed by atoms with Crippen molar-refractivity contribution in [2.75, 3.05) is 0 Å². The number of hydrogen-bond donors (Lipinski definition) is 2. The van der Waals surface area contributed by atoms with Gasteiger partial charge < -0.3 is 14.9 Å². The van der Waals surface area contributed by atoms with E-state index in [-0.39, 0.29) is 36.9 Å². The molecule has 0 aliphatic rings. The number of phenols is 1. The van der Waals surface area contributed by atoms with E-state index >= 15 is 0 Å². The van der Waals surface area contributed by atoms with Gasteiger partial charge in [0.1, 0.15) is 11.5 Å². The highest BCUT2D eigenvalue weighted by Gasteiger charge is 2.33. The Kier molecular flexibility index (Phi) is 10.6. The molecule has 3 rings (SSSR count). The van der Waals surface area contributed by atoms with Crippen molar-refractivity contribution in [1.29, 1.82) is 0 Å². The van der Waals surface area contributed by atoms with Crippen molar-refractivity contribution in [3.05, 3.63) is 81.9 Å². The Labute approximate surface area is 284 Å². The van der Waals surface area contributed by atoms with Gasteiger partial charge in [0.05, 0.1) is 15.2 Å². The van der Waals surface area contributed by atoms with E-state index in [1.54, 1.807) is 35.7 Å². The third kappa shape index (κ3) is 8.92. The third-order valence-corrected chi connectivity index (χ3v) is 10.1. The Morgan fingerprint density at radius 1 is 0.587 bits per heavy atom. The lowest BCUT2D eigenvalue weighted by Gasteiger charge is -2.32. The Balaban J connectivity index is 2.13. The van der Waals surface area contributed by atoms with Gasteiger partial charge in [0.15, 0.2) is 0 Å². The van der Waals surface area contributed by atoms with Crippen molar-refractivity contribution in [3.8, 4) is 11.5 Å². The van der Waals surface area contributed by atoms with Crippen LogP contribution in [0, 0.1) is 0 Å². The minimum Gasteiger partial charge on any atom is -0.507 e. The second-order valence-electron chi connectivity index (χ2n) is 16.6. The number of esters is 1. The molecule has 0 heterocycles. The number of carboxylic acids is 1. The number of carboxylic acid groups (broad SMARTS) is 1. The Bertz CT molecular complexity index is 1550. The zero-order valence-electron chi connectivity index (χ0n) is 30.1. The van der Waals surface area contributed by atoms with Crippen molar-refractivity contribution < 1.29 is 24.5 Å². The first-order valence-corrected chi connectivity index (χ1v) is 17.3. The molecule has 0 atom stereocenters. The summed E-state index contributed by atoms with van der Waals surface area (Å²) in [4.78, 5) is 27.5. The number of thioether (sulfide) groups is 2. The van der Waals surface area contributed by atoms with Gasteiger partial charge in [-0.15, -0.1) is 23.5 Å². The van der Waals surface area contributed by atoms with Crippen LogP contribution in [-0.2, 0) is 21.7 Å². The molecule has 3 aromatic rings. The zero-order chi connectivity index (χ0) is 35.2. The molecule has 0 unspecified atom stereocenters. The molecular formula is C39H52O5S2. The average Bonchev–Trinajstić information content (AvgIpc) is 2.87. The fourth-order valence-electron chi connectivity index (χ4n) is 5.28. The van der Waals surface area contributed by atoms with Crippen molar-refractivity contribution >= 4 is 35.5 Å². The first-order valence-electron chi connectivity index (χ1n) is 15.7. The maximum atomic E-state index is 13.5. The fraction of sp³-hybridized carbons (Fsp3) is 0.487. The normalized spacial score (nSPS) is 13.1. The Hall–Kier alpha value is -2.90. The van der Waals surface area contributed by atoms with Gasteiger partial charge in [-0.1, -0.05) is 95.2 Å². The maximum Gasteiger partial charge on any atom is 0.344 e. The first-order chi connectivity index (χ1) is 20.7. The van der Waals surface area contributed by atoms with Gasteiger partial charge in [-0.05, 0) is 71.9 Å². The number of carbonyl (C=O) groups is 2. The molecule has 46 heavy (non-hydrogen) atoms. The molecule has 5 nitrogen and oxygen atoms in total. The van der Waals surface area contributed by atoms with Crippen LogP contribution in [0.3, 0.4) is 0 Å². The average molecular weight is 665 g/mol. The largest absolute Gasteiger partial charge is 0.507 e. The third-order valence-electron chi connectivity index (χ3n) is 7.68. The number of rotatable bonds is 7. The summed E-state index contributed by atoms with van der Waals surface area (Å²) in [6, 6.07) is 14.6. The summed E-state index contributed by atoms with van der Waals surface area (Å²) in [5.74, 6) is -1.02. The molecule has 0 fully saturated rings. The van der Waals surface area contributed by atoms with E-state index in [1.165, 1.54) is 12.1 Å². The molecule has 0 amide bonds. The lowest BCUT2D eigenvalue weighted by atomic mass is 9.79. The van der Waals surface area contributed by atoms with Crippen LogP contribution >= 0.6 is 23.5 Å². The summed E-state index contributed by atoms with van der Waals surface area (Å²) < 4.78 is 5.85. The van der Waals surface area contributed by atoms with E-state index in [0.717, 1.165) is 32.0 Å². The molecule has 0 bridgehead atoms. The number of benzene rings is 3. The second kappa shape index (κ2) is 13.0. The quantitative estimate of drug-likeness (QED) is 0.112. The van der Waals surface area contributed by atoms with E-state index in [2.05, 4.69) is 121 Å². The van der Waals surface area contributed by atoms with E-state index in [1.807, 2.05) is 0 Å². The van der Waals surface area contributed by atoms with Gasteiger partial charge in [-0.25, -0.2) is 9.59 Å². The summed E-state index contributed by atoms with van der Waals surface area (Å²) in [5.41, 5.74) is 2.34. The first kappa shape index (κ1) is 37.6. The molecule has 2 N–H and O–H groups in total. The smallest absolute Gasteiger partial charge is 0.344 e. The zero-order valence-corrected chi connectivity index (χ0v) is 31.7. The standard InChI is InChI=1S/C39H52O5S2/c1-35(2,3)27-19-23(20-28(31(27)40)36(4,5)6)45-39(13,14)46-24-21-29(37(7,8)9)32(30(22-24)38(10,11)12)44-34(43)26-18-16-15-17-25(26)33(41)42/h15-22,40H,1-14H3,(H,41,42). The lowest BCUT2D eigenvalue weighted by molar-refractivity contribution is 0.0665. The summed E-state index contributed by atoms with van der Waals surface area (Å²) in [5, 5.41) is 21.0. The topological polar surface area (TPSA) is 83.8 Å². The molecule has 3 aromatic carbocycles. The number of carbonyl (C=O) groups excluding carboxylic acids is 1. The van der Waals surface area contributed by atoms with Crippen LogP contribution < -0.4 is 4.74 Å². The van der Waals surface area contributed by atoms with Gasteiger partial charge in [-0.2, -0.15) is 0 Å². The molecule has 250 valence electrons. The predicted molar refractivity (Wildman–Crippen MR) is 194 cm³/mol. The number of phenolic OH excluding ortho intramolecular Hbond substituents is 1. The monoisotopic (exact) mass is 664 g/mol. The van der Waals surface area contributed by atoms with E-state index in [0.29, 0.717) is 11.5 Å². The highest BCUT2D eigenvalue weighted by atomic mass is 32.2. The van der Waals surface area contributed by atoms with E-state index in [4.69, 9.17) is 4.74 Å². The van der Waals surface area contributed by atoms with Gasteiger partial charge in [-0.3, -0.25) is 0 Å². The molecule has 0 aromatic heterocycles. The molecule has 0 aliphatic carbocycles. The van der Waals surface area contributed by atoms with Crippen LogP contribution in [0.4, 0.5) is 0 Å². The maximum absolute atomic E-state index is 13.5. The summed E-state index contributed by atoms with van der Waals surface area (Å²) in [6.07, 6.45) is 0. The lowest BCUT2D eigenvalue weighted by Crippen LogP contribution is -2.23. The number of ether oxygens (including phenoxy) is 1. The number of aromatic hydroxyl groups is 1. The molecular weight excluding hydrogens is 613 g/mol. The fourth-order valence-corrected chi connectivity index (χ4v) is 7.87. The van der Waals surface area contributed by atoms with Crippen molar-refractivity contribution in [1.82, 2.24) is 0 Å². The highest BCUT2D eigenvalue weighted by molar-refractivity contribution is 8.18. The summed E-state index contributed by atoms with van der Waals surface area (Å²) in [6.45, 7) is 29.7. The van der Waals surface area contributed by atoms with Crippen LogP contribution in [0.25, 0.3) is 0 Å². The van der Waals surface area contributed by atoms with Crippen molar-refractivity contribution in [3.63, 3.8) is 0 Å². The highest BCUT2D eigenvalue weighted by Crippen LogP contribution is 2.51. The van der Waals surface area contributed by atoms with Crippen molar-refractivity contribution in [2.24, 2.45) is 0 Å². The van der Waals surface area contributed by atoms with Gasteiger partial charge in [0, 0.05) is 32.0 Å². The Morgan fingerprint density at radius 3 is 1.28 bits per heavy atom. The van der Waals surface area contributed by atoms with Gasteiger partial charge in [0.2, 0.25) is 0 Å². The molecule has 0 radical (unpaired) electrons. The van der Waals surface area contributed by atoms with Crippen LogP contribution in [0.5, 0.6) is 11.5 Å². The SMILES string of the molecule is CC(C)(Sc1cc(C(C)(C)C)c(O)c(C(C)(C)C)c1)Sc1cc(C(C)(C)C)c(OC(=O)c2ccccc2C(=O)O)c(C(C)(C)C)c1. The minimum absolute atomic E-state index is 0.0175. The van der Waals surface area contributed by atoms with Crippen LogP contribution in [0.15, 0.2) is 58.3 Å². The van der Waals surface area contributed by atoms with Crippen LogP contribution in [0.1, 0.15) is 140 Å². The van der Waals surface area contributed by atoms with E-state index < -0.39 is 11.9 Å². The molecule has 7 heteroatoms. The predicted octanol–water partition coefficient (Wildman–Crippen LogP) is 11.1. The minimum atomic E-state index is -1.18. The number of hydrogen-bond acceptors (Lipinski definition) is 6. The van der Waals surface area contributed by atoms with E-state index in [9.17, 15) is 19.8 Å². The number of aromatic carboxylic acids is 1. The molecule has 0 spiro atoms. The van der Waals surface area contributed by atoms with Gasteiger partial charge in [0.25, 0.3) is 0 Å². The van der Waals surface area contributed by atoms with Gasteiger partial charge >= 0.3 is 11.9 Å². The Morgan fingerprint density at radius 2 is 0.935 bits per heavy atom. The van der Waals surface area contributed by atoms with Crippen LogP contribution in [-0.4, -0.2) is 26.2 Å². The molecule has 0 aliphatic heterocycles.